The molecular weight excluding hydrogens is 366 g/mol. The van der Waals surface area contributed by atoms with E-state index in [0.29, 0.717) is 6.54 Å². The normalized spacial score (nSPS) is 10.3. The minimum Gasteiger partial charge on any atom is -0.375 e. The molecule has 2 amide bonds. The molecule has 2 aromatic rings. The highest BCUT2D eigenvalue weighted by Crippen LogP contribution is 2.24. The highest BCUT2D eigenvalue weighted by Gasteiger charge is 2.08. The number of para-hydroxylation sites is 1. The lowest BCUT2D eigenvalue weighted by atomic mass is 10.1. The Morgan fingerprint density at radius 3 is 2.38 bits per heavy atom. The monoisotopic (exact) mass is 389 g/mol. The lowest BCUT2D eigenvalue weighted by Crippen LogP contribution is -2.32. The number of nitrogens with zero attached hydrogens (tertiary/aromatic N) is 1. The topological polar surface area (TPSA) is 44.4 Å². The molecule has 0 aliphatic carbocycles. The summed E-state index contributed by atoms with van der Waals surface area (Å²) in [6.07, 6.45) is 0.886. The smallest absolute Gasteiger partial charge is 0.319 e. The summed E-state index contributed by atoms with van der Waals surface area (Å²) in [5, 5.41) is 5.86. The Balaban J connectivity index is 1.76. The van der Waals surface area contributed by atoms with Gasteiger partial charge in [-0.25, -0.2) is 4.79 Å². The van der Waals surface area contributed by atoms with Gasteiger partial charge in [0.15, 0.2) is 0 Å². The van der Waals surface area contributed by atoms with Crippen molar-refractivity contribution in [3.05, 3.63) is 58.1 Å². The summed E-state index contributed by atoms with van der Waals surface area (Å²) >= 11 is 3.46. The van der Waals surface area contributed by atoms with E-state index in [1.807, 2.05) is 44.2 Å². The van der Waals surface area contributed by atoms with Crippen molar-refractivity contribution in [3.8, 4) is 0 Å². The number of halogens is 1. The van der Waals surface area contributed by atoms with E-state index in [-0.39, 0.29) is 6.03 Å². The predicted molar refractivity (Wildman–Crippen MR) is 105 cm³/mol. The third-order valence-corrected chi connectivity index (χ3v) is 4.35. The molecule has 0 saturated carbocycles. The fourth-order valence-electron chi connectivity index (χ4n) is 2.60. The third-order valence-electron chi connectivity index (χ3n) is 3.89. The number of benzene rings is 2. The molecule has 0 fully saturated rings. The first kappa shape index (κ1) is 18.3. The highest BCUT2D eigenvalue weighted by atomic mass is 79.9. The number of urea groups is 1. The van der Waals surface area contributed by atoms with Crippen molar-refractivity contribution >= 4 is 33.3 Å². The van der Waals surface area contributed by atoms with Crippen LogP contribution in [0, 0.1) is 13.8 Å². The molecule has 5 heteroatoms. The van der Waals surface area contributed by atoms with Gasteiger partial charge < -0.3 is 15.5 Å². The van der Waals surface area contributed by atoms with E-state index in [9.17, 15) is 4.79 Å². The SMILES string of the molecule is Cc1cc(Br)cc(C)c1NC(=O)NCCCN(C)c1ccccc1. The molecule has 0 bridgehead atoms. The number of carbonyl (C=O) groups is 1. The van der Waals surface area contributed by atoms with E-state index >= 15 is 0 Å². The summed E-state index contributed by atoms with van der Waals surface area (Å²) in [5.74, 6) is 0. The van der Waals surface area contributed by atoms with Crippen LogP contribution in [-0.4, -0.2) is 26.2 Å². The van der Waals surface area contributed by atoms with Crippen LogP contribution in [0.5, 0.6) is 0 Å². The standard InChI is InChI=1S/C19H24BrN3O/c1-14-12-16(20)13-15(2)18(14)22-19(24)21-10-7-11-23(3)17-8-5-4-6-9-17/h4-6,8-9,12-13H,7,10-11H2,1-3H3,(H2,21,22,24). The molecule has 0 unspecified atom stereocenters. The van der Waals surface area contributed by atoms with E-state index in [1.165, 1.54) is 5.69 Å². The van der Waals surface area contributed by atoms with Gasteiger partial charge in [-0.1, -0.05) is 34.1 Å². The summed E-state index contributed by atoms with van der Waals surface area (Å²) in [6.45, 7) is 5.50. The van der Waals surface area contributed by atoms with E-state index in [2.05, 4.69) is 50.6 Å². The van der Waals surface area contributed by atoms with Crippen LogP contribution < -0.4 is 15.5 Å². The van der Waals surface area contributed by atoms with Gasteiger partial charge in [0, 0.05) is 36.0 Å². The van der Waals surface area contributed by atoms with Crippen molar-refractivity contribution in [3.63, 3.8) is 0 Å². The lowest BCUT2D eigenvalue weighted by Gasteiger charge is -2.19. The average Bonchev–Trinajstić information content (AvgIpc) is 2.55. The third kappa shape index (κ3) is 5.27. The number of carbonyl (C=O) groups excluding carboxylic acids is 1. The zero-order chi connectivity index (χ0) is 17.5. The van der Waals surface area contributed by atoms with E-state index in [4.69, 9.17) is 0 Å². The Hall–Kier alpha value is -2.01. The summed E-state index contributed by atoms with van der Waals surface area (Å²) < 4.78 is 1.02. The highest BCUT2D eigenvalue weighted by molar-refractivity contribution is 9.10. The summed E-state index contributed by atoms with van der Waals surface area (Å²) in [4.78, 5) is 14.3. The second-order valence-corrected chi connectivity index (χ2v) is 6.82. The Morgan fingerprint density at radius 1 is 1.12 bits per heavy atom. The van der Waals surface area contributed by atoms with E-state index < -0.39 is 0 Å². The maximum atomic E-state index is 12.1. The van der Waals surface area contributed by atoms with Crippen molar-refractivity contribution in [1.29, 1.82) is 0 Å². The van der Waals surface area contributed by atoms with Crippen molar-refractivity contribution in [2.24, 2.45) is 0 Å². The van der Waals surface area contributed by atoms with Crippen LogP contribution in [-0.2, 0) is 0 Å². The Kier molecular flexibility index (Phi) is 6.67. The van der Waals surface area contributed by atoms with Gasteiger partial charge in [0.05, 0.1) is 0 Å². The van der Waals surface area contributed by atoms with Gasteiger partial charge >= 0.3 is 6.03 Å². The van der Waals surface area contributed by atoms with Gasteiger partial charge in [0.2, 0.25) is 0 Å². The summed E-state index contributed by atoms with van der Waals surface area (Å²) in [7, 11) is 2.06. The van der Waals surface area contributed by atoms with E-state index in [1.54, 1.807) is 0 Å². The average molecular weight is 390 g/mol. The second kappa shape index (κ2) is 8.73. The molecule has 2 aromatic carbocycles. The molecule has 128 valence electrons. The molecule has 0 aromatic heterocycles. The van der Waals surface area contributed by atoms with Crippen LogP contribution in [0.2, 0.25) is 0 Å². The van der Waals surface area contributed by atoms with Gasteiger partial charge in [-0.2, -0.15) is 0 Å². The van der Waals surface area contributed by atoms with Gasteiger partial charge in [0.25, 0.3) is 0 Å². The van der Waals surface area contributed by atoms with E-state index in [0.717, 1.165) is 34.3 Å². The fourth-order valence-corrected chi connectivity index (χ4v) is 3.28. The number of hydrogen-bond acceptors (Lipinski definition) is 2. The molecular formula is C19H24BrN3O. The molecule has 0 heterocycles. The fraction of sp³-hybridized carbons (Fsp3) is 0.316. The van der Waals surface area contributed by atoms with Crippen LogP contribution in [0.25, 0.3) is 0 Å². The molecule has 4 nitrogen and oxygen atoms in total. The summed E-state index contributed by atoms with van der Waals surface area (Å²) in [5.41, 5.74) is 4.14. The molecule has 2 N–H and O–H groups in total. The molecule has 0 aliphatic rings. The molecule has 2 rings (SSSR count). The largest absolute Gasteiger partial charge is 0.375 e. The molecule has 0 spiro atoms. The number of rotatable bonds is 6. The molecule has 0 atom stereocenters. The molecule has 0 aliphatic heterocycles. The van der Waals surface area contributed by atoms with Gasteiger partial charge in [-0.15, -0.1) is 0 Å². The Bertz CT molecular complexity index is 665. The number of hydrogen-bond donors (Lipinski definition) is 2. The van der Waals surface area contributed by atoms with Crippen LogP contribution in [0.4, 0.5) is 16.2 Å². The minimum absolute atomic E-state index is 0.161. The van der Waals surface area contributed by atoms with Crippen LogP contribution in [0.1, 0.15) is 17.5 Å². The number of anilines is 2. The van der Waals surface area contributed by atoms with Crippen molar-refractivity contribution in [2.45, 2.75) is 20.3 Å². The first-order valence-corrected chi connectivity index (χ1v) is 8.84. The summed E-state index contributed by atoms with van der Waals surface area (Å²) in [6, 6.07) is 14.1. The van der Waals surface area contributed by atoms with Crippen molar-refractivity contribution in [2.75, 3.05) is 30.4 Å². The number of aryl methyl sites for hydroxylation is 2. The zero-order valence-corrected chi connectivity index (χ0v) is 16.0. The number of nitrogens with one attached hydrogen (secondary N) is 2. The number of amides is 2. The second-order valence-electron chi connectivity index (χ2n) is 5.91. The first-order chi connectivity index (χ1) is 11.5. The van der Waals surface area contributed by atoms with Gasteiger partial charge in [-0.05, 0) is 55.7 Å². The molecule has 0 radical (unpaired) electrons. The maximum Gasteiger partial charge on any atom is 0.319 e. The van der Waals surface area contributed by atoms with Crippen LogP contribution in [0.15, 0.2) is 46.9 Å². The van der Waals surface area contributed by atoms with Crippen LogP contribution in [0.3, 0.4) is 0 Å². The Morgan fingerprint density at radius 2 is 1.75 bits per heavy atom. The molecule has 24 heavy (non-hydrogen) atoms. The van der Waals surface area contributed by atoms with Crippen LogP contribution >= 0.6 is 15.9 Å². The zero-order valence-electron chi connectivity index (χ0n) is 14.4. The van der Waals surface area contributed by atoms with Crippen molar-refractivity contribution < 1.29 is 4.79 Å². The maximum absolute atomic E-state index is 12.1. The van der Waals surface area contributed by atoms with Gasteiger partial charge in [0.1, 0.15) is 0 Å². The predicted octanol–water partition coefficient (Wildman–Crippen LogP) is 4.71. The lowest BCUT2D eigenvalue weighted by molar-refractivity contribution is 0.252. The quantitative estimate of drug-likeness (QED) is 0.702. The Labute approximate surface area is 152 Å². The molecule has 0 saturated heterocycles. The van der Waals surface area contributed by atoms with Crippen molar-refractivity contribution in [1.82, 2.24) is 5.32 Å². The first-order valence-electron chi connectivity index (χ1n) is 8.05. The minimum atomic E-state index is -0.161. The van der Waals surface area contributed by atoms with Gasteiger partial charge in [-0.3, -0.25) is 0 Å².